The maximum Gasteiger partial charge on any atom is 0.418 e. The molecule has 2 aromatic carbocycles. The van der Waals surface area contributed by atoms with E-state index in [1.54, 1.807) is 19.1 Å². The second-order valence-corrected chi connectivity index (χ2v) is 9.38. The topological polar surface area (TPSA) is 75.7 Å². The molecule has 2 aromatic rings. The molecule has 1 aliphatic heterocycles. The number of nitrogens with one attached hydrogen (secondary N) is 1. The van der Waals surface area contributed by atoms with E-state index in [-0.39, 0.29) is 22.9 Å². The van der Waals surface area contributed by atoms with Gasteiger partial charge in [0, 0.05) is 17.6 Å². The second-order valence-electron chi connectivity index (χ2n) is 7.08. The van der Waals surface area contributed by atoms with Crippen LogP contribution in [0.15, 0.2) is 41.3 Å². The van der Waals surface area contributed by atoms with Crippen molar-refractivity contribution in [2.24, 2.45) is 0 Å². The Morgan fingerprint density at radius 1 is 1.23 bits per heavy atom. The summed E-state index contributed by atoms with van der Waals surface area (Å²) in [5.74, 6) is -0.505. The monoisotopic (exact) mass is 476 g/mol. The van der Waals surface area contributed by atoms with E-state index in [2.05, 4.69) is 5.32 Å². The minimum atomic E-state index is -4.74. The van der Waals surface area contributed by atoms with Gasteiger partial charge >= 0.3 is 6.18 Å². The number of nitrogens with zero attached hydrogens (tertiary/aromatic N) is 1. The first kappa shape index (κ1) is 23.4. The van der Waals surface area contributed by atoms with E-state index >= 15 is 0 Å². The molecule has 3 rings (SSSR count). The fourth-order valence-electron chi connectivity index (χ4n) is 3.48. The quantitative estimate of drug-likeness (QED) is 0.691. The van der Waals surface area contributed by atoms with Crippen LogP contribution in [0, 0.1) is 6.92 Å². The van der Waals surface area contributed by atoms with Gasteiger partial charge in [-0.2, -0.15) is 17.5 Å². The number of hydrogen-bond acceptors (Lipinski definition) is 4. The maximum absolute atomic E-state index is 13.3. The highest BCUT2D eigenvalue weighted by atomic mass is 35.5. The summed E-state index contributed by atoms with van der Waals surface area (Å²) >= 11 is 5.67. The Labute approximate surface area is 183 Å². The van der Waals surface area contributed by atoms with Crippen LogP contribution in [-0.4, -0.2) is 38.3 Å². The van der Waals surface area contributed by atoms with Crippen molar-refractivity contribution in [2.45, 2.75) is 36.9 Å². The molecule has 1 N–H and O–H groups in total. The summed E-state index contributed by atoms with van der Waals surface area (Å²) in [5.41, 5.74) is -1.13. The first-order valence-corrected chi connectivity index (χ1v) is 11.1. The largest absolute Gasteiger partial charge is 0.497 e. The van der Waals surface area contributed by atoms with E-state index in [9.17, 15) is 26.4 Å². The van der Waals surface area contributed by atoms with Crippen molar-refractivity contribution < 1.29 is 31.1 Å². The molecule has 0 aromatic heterocycles. The van der Waals surface area contributed by atoms with E-state index in [1.807, 2.05) is 0 Å². The molecule has 168 valence electrons. The summed E-state index contributed by atoms with van der Waals surface area (Å²) in [5, 5.41) is 2.09. The van der Waals surface area contributed by atoms with Gasteiger partial charge in [-0.05, 0) is 49.6 Å². The van der Waals surface area contributed by atoms with E-state index in [0.29, 0.717) is 23.8 Å². The molecule has 1 saturated heterocycles. The van der Waals surface area contributed by atoms with E-state index in [1.165, 1.54) is 19.2 Å². The lowest BCUT2D eigenvalue weighted by Gasteiger charge is -2.25. The zero-order chi connectivity index (χ0) is 23.0. The molecular formula is C20H20ClF3N2O4S. The molecular weight excluding hydrogens is 457 g/mol. The van der Waals surface area contributed by atoms with Gasteiger partial charge in [0.05, 0.1) is 23.3 Å². The number of methoxy groups -OCH3 is 1. The van der Waals surface area contributed by atoms with Crippen LogP contribution < -0.4 is 10.1 Å². The van der Waals surface area contributed by atoms with Crippen molar-refractivity contribution in [3.8, 4) is 5.75 Å². The summed E-state index contributed by atoms with van der Waals surface area (Å²) < 4.78 is 72.6. The number of anilines is 1. The van der Waals surface area contributed by atoms with E-state index < -0.39 is 39.4 Å². The lowest BCUT2D eigenvalue weighted by Crippen LogP contribution is -2.43. The number of sulfonamides is 1. The van der Waals surface area contributed by atoms with Gasteiger partial charge in [-0.25, -0.2) is 8.42 Å². The molecule has 1 fully saturated rings. The molecule has 0 aliphatic carbocycles. The van der Waals surface area contributed by atoms with Crippen molar-refractivity contribution in [3.05, 3.63) is 52.5 Å². The van der Waals surface area contributed by atoms with Gasteiger partial charge in [0.2, 0.25) is 15.9 Å². The van der Waals surface area contributed by atoms with Gasteiger partial charge in [-0.1, -0.05) is 17.7 Å². The van der Waals surface area contributed by atoms with Crippen molar-refractivity contribution >= 4 is 33.2 Å². The summed E-state index contributed by atoms with van der Waals surface area (Å²) in [6.45, 7) is 1.69. The smallest absolute Gasteiger partial charge is 0.418 e. The van der Waals surface area contributed by atoms with Crippen LogP contribution in [-0.2, 0) is 21.0 Å². The first-order valence-electron chi connectivity index (χ1n) is 9.29. The molecule has 1 unspecified atom stereocenters. The van der Waals surface area contributed by atoms with E-state index in [0.717, 1.165) is 10.4 Å². The number of alkyl halides is 3. The minimum Gasteiger partial charge on any atom is -0.497 e. The number of rotatable bonds is 5. The molecule has 1 aliphatic rings. The Kier molecular flexibility index (Phi) is 6.54. The normalized spacial score (nSPS) is 17.5. The molecule has 0 radical (unpaired) electrons. The van der Waals surface area contributed by atoms with Crippen LogP contribution in [0.4, 0.5) is 18.9 Å². The summed E-state index contributed by atoms with van der Waals surface area (Å²) in [6.07, 6.45) is -4.16. The van der Waals surface area contributed by atoms with E-state index in [4.69, 9.17) is 16.3 Å². The third-order valence-corrected chi connectivity index (χ3v) is 7.32. The molecule has 0 saturated carbocycles. The summed E-state index contributed by atoms with van der Waals surface area (Å²) in [4.78, 5) is 12.8. The van der Waals surface area contributed by atoms with Gasteiger partial charge in [-0.3, -0.25) is 4.79 Å². The highest BCUT2D eigenvalue weighted by molar-refractivity contribution is 7.89. The lowest BCUT2D eigenvalue weighted by molar-refractivity contribution is -0.137. The minimum absolute atomic E-state index is 0.0194. The molecule has 31 heavy (non-hydrogen) atoms. The number of ether oxygens (including phenoxy) is 1. The van der Waals surface area contributed by atoms with Gasteiger partial charge < -0.3 is 10.1 Å². The average molecular weight is 477 g/mol. The van der Waals surface area contributed by atoms with Gasteiger partial charge in [-0.15, -0.1) is 0 Å². The van der Waals surface area contributed by atoms with Gasteiger partial charge in [0.15, 0.2) is 0 Å². The number of carbonyl (C=O) groups excluding carboxylic acids is 1. The zero-order valence-corrected chi connectivity index (χ0v) is 18.2. The first-order chi connectivity index (χ1) is 14.4. The van der Waals surface area contributed by atoms with Gasteiger partial charge in [0.25, 0.3) is 0 Å². The third kappa shape index (κ3) is 4.81. The Morgan fingerprint density at radius 2 is 1.94 bits per heavy atom. The lowest BCUT2D eigenvalue weighted by atomic mass is 10.1. The zero-order valence-electron chi connectivity index (χ0n) is 16.7. The van der Waals surface area contributed by atoms with Crippen molar-refractivity contribution in [1.82, 2.24) is 4.31 Å². The van der Waals surface area contributed by atoms with Crippen molar-refractivity contribution in [2.75, 3.05) is 19.0 Å². The fourth-order valence-corrected chi connectivity index (χ4v) is 5.55. The molecule has 1 atom stereocenters. The Hall–Kier alpha value is -2.30. The highest BCUT2D eigenvalue weighted by Crippen LogP contribution is 2.37. The molecule has 0 spiro atoms. The van der Waals surface area contributed by atoms with Gasteiger partial charge in [0.1, 0.15) is 11.8 Å². The third-order valence-electron chi connectivity index (χ3n) is 5.03. The Balaban J connectivity index is 1.92. The number of carbonyl (C=O) groups is 1. The average Bonchev–Trinajstić information content (AvgIpc) is 3.20. The summed E-state index contributed by atoms with van der Waals surface area (Å²) in [6, 6.07) is 6.38. The van der Waals surface area contributed by atoms with Crippen molar-refractivity contribution in [3.63, 3.8) is 0 Å². The number of aryl methyl sites for hydroxylation is 1. The molecule has 11 heteroatoms. The van der Waals surface area contributed by atoms with Crippen LogP contribution in [0.25, 0.3) is 0 Å². The van der Waals surface area contributed by atoms with Crippen LogP contribution in [0.1, 0.15) is 24.0 Å². The number of amides is 1. The fraction of sp³-hybridized carbons (Fsp3) is 0.350. The summed E-state index contributed by atoms with van der Waals surface area (Å²) in [7, 11) is -2.68. The van der Waals surface area contributed by atoms with Crippen LogP contribution in [0.2, 0.25) is 5.02 Å². The Bertz CT molecular complexity index is 1110. The Morgan fingerprint density at radius 3 is 2.58 bits per heavy atom. The SMILES string of the molecule is COc1ccc(C)c(S(=O)(=O)N2CCCC2C(=O)Nc2ccc(Cl)cc2C(F)(F)F)c1. The highest BCUT2D eigenvalue weighted by Gasteiger charge is 2.41. The van der Waals surface area contributed by atoms with Crippen LogP contribution >= 0.6 is 11.6 Å². The molecule has 1 amide bonds. The van der Waals surface area contributed by atoms with Crippen LogP contribution in [0.3, 0.4) is 0 Å². The standard InChI is InChI=1S/C20H20ClF3N2O4S/c1-12-5-7-14(30-2)11-18(12)31(28,29)26-9-3-4-17(26)19(27)25-16-8-6-13(21)10-15(16)20(22,23)24/h5-8,10-11,17H,3-4,9H2,1-2H3,(H,25,27). The number of halogens is 4. The predicted molar refractivity (Wildman–Crippen MR) is 110 cm³/mol. The second kappa shape index (κ2) is 8.68. The molecule has 1 heterocycles. The number of benzene rings is 2. The van der Waals surface area contributed by atoms with Crippen molar-refractivity contribution in [1.29, 1.82) is 0 Å². The molecule has 0 bridgehead atoms. The number of hydrogen-bond donors (Lipinski definition) is 1. The molecule has 6 nitrogen and oxygen atoms in total. The van der Waals surface area contributed by atoms with Crippen LogP contribution in [0.5, 0.6) is 5.75 Å². The maximum atomic E-state index is 13.3. The predicted octanol–water partition coefficient (Wildman–Crippen LogP) is 4.47.